The quantitative estimate of drug-likeness (QED) is 0.0239. The number of amides is 5. The highest BCUT2D eigenvalue weighted by Gasteiger charge is 2.35. The first-order valence-corrected chi connectivity index (χ1v) is 44.5. The van der Waals surface area contributed by atoms with E-state index in [1.165, 1.54) is 93.3 Å². The van der Waals surface area contributed by atoms with Gasteiger partial charge in [-0.3, -0.25) is 24.0 Å². The van der Waals surface area contributed by atoms with Gasteiger partial charge in [0.2, 0.25) is 88.4 Å². The molecule has 5 N–H and O–H groups in total. The number of methoxy groups -OCH3 is 1. The summed E-state index contributed by atoms with van der Waals surface area (Å²) in [5.74, 6) is -1.09. The van der Waals surface area contributed by atoms with Crippen molar-refractivity contribution in [2.45, 2.75) is 176 Å². The van der Waals surface area contributed by atoms with Crippen molar-refractivity contribution in [2.24, 2.45) is 0 Å². The van der Waals surface area contributed by atoms with Crippen LogP contribution in [0.5, 0.6) is 17.2 Å². The molecule has 5 atom stereocenters. The molecule has 0 aliphatic heterocycles. The zero-order chi connectivity index (χ0) is 99.7. The van der Waals surface area contributed by atoms with Gasteiger partial charge in [0.1, 0.15) is 47.5 Å². The van der Waals surface area contributed by atoms with E-state index in [0.29, 0.717) is 72.9 Å². The maximum atomic E-state index is 13.6. The minimum absolute atomic E-state index is 0.0225. The number of ether oxygens (including phenoxy) is 3. The van der Waals surface area contributed by atoms with E-state index in [1.54, 1.807) is 19.2 Å². The van der Waals surface area contributed by atoms with Crippen LogP contribution in [-0.4, -0.2) is 100 Å². The minimum Gasteiger partial charge on any atom is -0.497 e. The first-order chi connectivity index (χ1) is 66.7. The summed E-state index contributed by atoms with van der Waals surface area (Å²) in [5, 5.41) is 54.4. The molecule has 5 heterocycles. The standard InChI is InChI=1S/C21H19F4N3O3.C21H20F3N3O3.C21H23N3O3.C20H20FN3O2.C20H21N3O2/c1-3-13-4-6-14(7-5-13)10-17(26-12(2)29)20-28-27-19(30-20)15-8-9-16(22)18(11-15)31-21(23,24)25;1-3-14-7-9-15(10-8-14)11-18(25-13(2)28)20-27-26-19(29-20)16-5-4-6-17(12-16)30-21(22,23)24;1-4-15-8-10-16(11-9-15)12-19(22-14(2)25)21-24-23-20(27-21)17-6-5-7-18(13-17)26-3;1-3-14-7-9-15(10-8-14)11-18(22-13(2)25)20-24-23-19(26-20)16-5-4-6-17(21)12-16;1-3-15-9-11-16(12-10-15)13-18(21-14(2)24)20-23-22-19(25-20)17-7-5-4-6-8-17/h4-9,11,17H,3,10H2,1-2H3,(H,26,29);4-10,12,18H,3,11H2,1-2H3,(H,25,28);5-11,13,19H,4,12H2,1-3H3,(H,22,25);4-10,12,18H,3,11H2,1-2H3,(H,22,25);4-12,18H,3,13H2,1-2H3,(H,21,24). The molecule has 5 amide bonds. The summed E-state index contributed by atoms with van der Waals surface area (Å²) in [7, 11) is 1.61. The molecule has 0 saturated heterocycles. The Bertz CT molecular complexity index is 6480. The average molecular weight is 1910 g/mol. The van der Waals surface area contributed by atoms with Gasteiger partial charge in [0, 0.05) is 94.5 Å². The summed E-state index contributed by atoms with van der Waals surface area (Å²) in [6.45, 7) is 17.6. The molecule has 36 heteroatoms. The van der Waals surface area contributed by atoms with Crippen LogP contribution in [0, 0.1) is 11.6 Å². The largest absolute Gasteiger partial charge is 0.573 e. The van der Waals surface area contributed by atoms with Crippen LogP contribution in [0.15, 0.2) is 265 Å². The number of nitrogens with zero attached hydrogens (tertiary/aromatic N) is 10. The third-order valence-corrected chi connectivity index (χ3v) is 21.1. The lowest BCUT2D eigenvalue weighted by atomic mass is 10.0. The van der Waals surface area contributed by atoms with Gasteiger partial charge in [-0.1, -0.05) is 192 Å². The van der Waals surface area contributed by atoms with Crippen LogP contribution < -0.4 is 40.8 Å². The van der Waals surface area contributed by atoms with E-state index in [4.69, 9.17) is 26.8 Å². The molecule has 5 unspecified atom stereocenters. The predicted molar refractivity (Wildman–Crippen MR) is 499 cm³/mol. The van der Waals surface area contributed by atoms with Crippen molar-refractivity contribution < 1.29 is 95.4 Å². The average Bonchev–Trinajstić information content (AvgIpc) is 1.76. The molecular weight excluding hydrogens is 1810 g/mol. The Kier molecular flexibility index (Phi) is 37.3. The fraction of sp³-hybridized carbons (Fsp3) is 0.272. The zero-order valence-corrected chi connectivity index (χ0v) is 77.9. The highest BCUT2D eigenvalue weighted by Crippen LogP contribution is 2.35. The Morgan fingerprint density at radius 1 is 0.288 bits per heavy atom. The van der Waals surface area contributed by atoms with E-state index in [1.807, 2.05) is 122 Å². The number of aromatic nitrogens is 10. The van der Waals surface area contributed by atoms with Crippen LogP contribution in [0.25, 0.3) is 57.3 Å². The second kappa shape index (κ2) is 50.1. The third-order valence-electron chi connectivity index (χ3n) is 21.1. The third kappa shape index (κ3) is 32.7. The molecule has 15 aromatic rings. The van der Waals surface area contributed by atoms with Gasteiger partial charge >= 0.3 is 12.7 Å². The molecule has 10 aromatic carbocycles. The van der Waals surface area contributed by atoms with Crippen molar-refractivity contribution in [3.05, 3.63) is 339 Å². The van der Waals surface area contributed by atoms with Gasteiger partial charge in [-0.25, -0.2) is 8.78 Å². The number of alkyl halides is 6. The topological polar surface area (TPSA) is 368 Å². The second-order valence-corrected chi connectivity index (χ2v) is 31.7. The monoisotopic (exact) mass is 1910 g/mol. The Balaban J connectivity index is 0.000000167. The number of benzene rings is 10. The molecule has 15 rings (SSSR count). The van der Waals surface area contributed by atoms with Gasteiger partial charge < -0.3 is 62.9 Å². The Morgan fingerprint density at radius 2 is 0.540 bits per heavy atom. The number of halogens is 8. The van der Waals surface area contributed by atoms with Crippen LogP contribution in [0.1, 0.15) is 185 Å². The van der Waals surface area contributed by atoms with Gasteiger partial charge in [0.25, 0.3) is 0 Å². The van der Waals surface area contributed by atoms with Crippen molar-refractivity contribution >= 4 is 29.5 Å². The summed E-state index contributed by atoms with van der Waals surface area (Å²) in [4.78, 5) is 58.1. The second-order valence-electron chi connectivity index (χ2n) is 31.7. The highest BCUT2D eigenvalue weighted by molar-refractivity contribution is 5.75. The lowest BCUT2D eigenvalue weighted by molar-refractivity contribution is -0.276. The summed E-state index contributed by atoms with van der Waals surface area (Å²) in [5.41, 5.74) is 13.7. The maximum absolute atomic E-state index is 13.6. The maximum Gasteiger partial charge on any atom is 0.573 e. The molecule has 0 spiro atoms. The fourth-order valence-electron chi connectivity index (χ4n) is 14.0. The minimum atomic E-state index is -5.05. The van der Waals surface area contributed by atoms with E-state index >= 15 is 0 Å². The molecule has 0 saturated carbocycles. The van der Waals surface area contributed by atoms with Crippen LogP contribution in [0.4, 0.5) is 35.1 Å². The first-order valence-electron chi connectivity index (χ1n) is 44.5. The molecule has 5 aromatic heterocycles. The van der Waals surface area contributed by atoms with Gasteiger partial charge in [-0.05, 0) is 173 Å². The number of carbonyl (C=O) groups is 5. The van der Waals surface area contributed by atoms with Gasteiger partial charge in [-0.15, -0.1) is 77.3 Å². The Hall–Kier alpha value is -15.9. The van der Waals surface area contributed by atoms with Crippen molar-refractivity contribution in [2.75, 3.05) is 7.11 Å². The number of hydrogen-bond acceptors (Lipinski definition) is 23. The Morgan fingerprint density at radius 3 is 0.813 bits per heavy atom. The lowest BCUT2D eigenvalue weighted by Gasteiger charge is -2.14. The molecule has 0 bridgehead atoms. The molecule has 0 fully saturated rings. The molecule has 0 aliphatic carbocycles. The van der Waals surface area contributed by atoms with Crippen molar-refractivity contribution in [1.29, 1.82) is 0 Å². The summed E-state index contributed by atoms with van der Waals surface area (Å²) in [6.07, 6.45) is -2.62. The van der Waals surface area contributed by atoms with Gasteiger partial charge in [0.15, 0.2) is 11.6 Å². The predicted octanol–water partition coefficient (Wildman–Crippen LogP) is 20.7. The van der Waals surface area contributed by atoms with Crippen LogP contribution in [-0.2, 0) is 88.2 Å². The van der Waals surface area contributed by atoms with Crippen LogP contribution in [0.3, 0.4) is 0 Å². The summed E-state index contributed by atoms with van der Waals surface area (Å²) >= 11 is 0. The summed E-state index contributed by atoms with van der Waals surface area (Å²) in [6, 6.07) is 69.1. The fourth-order valence-corrected chi connectivity index (χ4v) is 14.0. The number of rotatable bonds is 33. The van der Waals surface area contributed by atoms with Crippen molar-refractivity contribution in [3.8, 4) is 74.5 Å². The smallest absolute Gasteiger partial charge is 0.497 e. The van der Waals surface area contributed by atoms with Crippen LogP contribution >= 0.6 is 0 Å². The van der Waals surface area contributed by atoms with Gasteiger partial charge in [-0.2, -0.15) is 0 Å². The van der Waals surface area contributed by atoms with E-state index in [0.717, 1.165) is 94.8 Å². The normalized spacial score (nSPS) is 12.1. The van der Waals surface area contributed by atoms with E-state index < -0.39 is 48.2 Å². The zero-order valence-electron chi connectivity index (χ0n) is 77.9. The van der Waals surface area contributed by atoms with E-state index in [9.17, 15) is 59.1 Å². The molecule has 0 radical (unpaired) electrons. The van der Waals surface area contributed by atoms with Crippen LogP contribution in [0.2, 0.25) is 0 Å². The molecule has 0 aliphatic rings. The molecule has 724 valence electrons. The number of hydrogen-bond donors (Lipinski definition) is 5. The number of carbonyl (C=O) groups excluding carboxylic acids is 5. The van der Waals surface area contributed by atoms with E-state index in [-0.39, 0.29) is 88.0 Å². The molecule has 139 heavy (non-hydrogen) atoms. The van der Waals surface area contributed by atoms with Crippen molar-refractivity contribution in [1.82, 2.24) is 77.6 Å². The Labute approximate surface area is 796 Å². The number of nitrogens with one attached hydrogen (secondary N) is 5. The SMILES string of the molecule is CCc1ccc(CC(NC(C)=O)c2nnc(-c3ccc(F)c(OC(F)(F)F)c3)o2)cc1.CCc1ccc(CC(NC(C)=O)c2nnc(-c3cccc(F)c3)o2)cc1.CCc1ccc(CC(NC(C)=O)c2nnc(-c3cccc(OC(F)(F)F)c3)o2)cc1.CCc1ccc(CC(NC(C)=O)c2nnc(-c3cccc(OC)c3)o2)cc1.CCc1ccc(CC(NC(C)=O)c2nnc(-c3ccccc3)o2)cc1. The number of aryl methyl sites for hydroxylation is 5. The molecule has 28 nitrogen and oxygen atoms in total. The first kappa shape index (κ1) is 104. The lowest BCUT2D eigenvalue weighted by Crippen LogP contribution is -2.28. The molecular formula is C103H103F8N15O13. The highest BCUT2D eigenvalue weighted by atomic mass is 19.4. The van der Waals surface area contributed by atoms with Gasteiger partial charge in [0.05, 0.1) is 7.11 Å². The van der Waals surface area contributed by atoms with Crippen molar-refractivity contribution in [3.63, 3.8) is 0 Å². The van der Waals surface area contributed by atoms with E-state index in [2.05, 4.69) is 175 Å². The summed E-state index contributed by atoms with van der Waals surface area (Å²) < 4.78 is 143.